The second-order valence-electron chi connectivity index (χ2n) is 6.41. The number of nitrogens with two attached hydrogens (primary N) is 2. The van der Waals surface area contributed by atoms with Crippen molar-refractivity contribution in [3.05, 3.63) is 0 Å². The highest BCUT2D eigenvalue weighted by molar-refractivity contribution is 7.98. The number of aliphatic carboxylic acids is 1. The number of carbonyl (C=O) groups excluding carboxylic acids is 4. The smallest absolute Gasteiger partial charge is 0.326 e. The molecule has 0 aliphatic heterocycles. The van der Waals surface area contributed by atoms with E-state index in [1.807, 2.05) is 0 Å². The van der Waals surface area contributed by atoms with Gasteiger partial charge in [-0.2, -0.15) is 11.8 Å². The zero-order chi connectivity index (χ0) is 22.7. The molecule has 0 aromatic rings. The summed E-state index contributed by atoms with van der Waals surface area (Å²) < 4.78 is 0. The number of carboxylic acid groups (broad SMARTS) is 1. The minimum absolute atomic E-state index is 0.195. The number of hydrogen-bond donors (Lipinski definition) is 7. The maximum Gasteiger partial charge on any atom is 0.326 e. The summed E-state index contributed by atoms with van der Waals surface area (Å²) >= 11 is 1.42. The van der Waals surface area contributed by atoms with Gasteiger partial charge in [0, 0.05) is 0 Å². The third-order valence-electron chi connectivity index (χ3n) is 3.84. The van der Waals surface area contributed by atoms with Crippen molar-refractivity contribution in [1.29, 1.82) is 0 Å². The van der Waals surface area contributed by atoms with Gasteiger partial charge in [0.1, 0.15) is 24.2 Å². The molecule has 12 nitrogen and oxygen atoms in total. The van der Waals surface area contributed by atoms with E-state index in [0.29, 0.717) is 5.75 Å². The fraction of sp³-hybridized carbons (Fsp3) is 0.688. The largest absolute Gasteiger partial charge is 0.480 e. The molecule has 0 saturated heterocycles. The predicted molar refractivity (Wildman–Crippen MR) is 106 cm³/mol. The fourth-order valence-corrected chi connectivity index (χ4v) is 2.54. The van der Waals surface area contributed by atoms with Crippen LogP contribution in [0.4, 0.5) is 0 Å². The van der Waals surface area contributed by atoms with Crippen LogP contribution >= 0.6 is 11.8 Å². The highest BCUT2D eigenvalue weighted by atomic mass is 32.2. The first-order valence-corrected chi connectivity index (χ1v) is 10.1. The van der Waals surface area contributed by atoms with E-state index in [1.165, 1.54) is 25.6 Å². The van der Waals surface area contributed by atoms with Gasteiger partial charge in [-0.15, -0.1) is 0 Å². The van der Waals surface area contributed by atoms with E-state index in [1.54, 1.807) is 6.26 Å². The van der Waals surface area contributed by atoms with E-state index < -0.39 is 66.3 Å². The van der Waals surface area contributed by atoms with E-state index in [4.69, 9.17) is 16.6 Å². The third-order valence-corrected chi connectivity index (χ3v) is 4.48. The number of hydrogen-bond acceptors (Lipinski definition) is 8. The summed E-state index contributed by atoms with van der Waals surface area (Å²) in [6, 6.07) is -5.05. The molecule has 5 unspecified atom stereocenters. The van der Waals surface area contributed by atoms with Gasteiger partial charge in [0.25, 0.3) is 0 Å². The van der Waals surface area contributed by atoms with Crippen LogP contribution in [-0.2, 0) is 24.0 Å². The van der Waals surface area contributed by atoms with Crippen molar-refractivity contribution in [3.63, 3.8) is 0 Å². The van der Waals surface area contributed by atoms with Crippen LogP contribution in [0.5, 0.6) is 0 Å². The van der Waals surface area contributed by atoms with Crippen LogP contribution in [0.15, 0.2) is 0 Å². The van der Waals surface area contributed by atoms with Gasteiger partial charge in [-0.05, 0) is 32.3 Å². The minimum atomic E-state index is -1.42. The van der Waals surface area contributed by atoms with Crippen LogP contribution in [0.25, 0.3) is 0 Å². The molecule has 9 N–H and O–H groups in total. The topological polar surface area (TPSA) is 214 Å². The van der Waals surface area contributed by atoms with Gasteiger partial charge in [-0.1, -0.05) is 0 Å². The second-order valence-corrected chi connectivity index (χ2v) is 7.39. The van der Waals surface area contributed by atoms with Crippen LogP contribution in [0, 0.1) is 0 Å². The van der Waals surface area contributed by atoms with Gasteiger partial charge >= 0.3 is 5.97 Å². The van der Waals surface area contributed by atoms with Crippen molar-refractivity contribution in [2.45, 2.75) is 57.0 Å². The summed E-state index contributed by atoms with van der Waals surface area (Å²) in [5.41, 5.74) is 10.6. The summed E-state index contributed by atoms with van der Waals surface area (Å²) in [7, 11) is 0. The number of thioether (sulfide) groups is 1. The Balaban J connectivity index is 5.04. The van der Waals surface area contributed by atoms with Crippen molar-refractivity contribution < 1.29 is 34.2 Å². The van der Waals surface area contributed by atoms with E-state index >= 15 is 0 Å². The quantitative estimate of drug-likeness (QED) is 0.155. The number of carbonyl (C=O) groups is 5. The SMILES string of the molecule is CSCCC(NC(=O)C(C)NC(=O)C(CC(N)=O)NC(=O)C(N)C(C)O)C(=O)O. The van der Waals surface area contributed by atoms with Gasteiger partial charge in [-0.3, -0.25) is 19.2 Å². The minimum Gasteiger partial charge on any atom is -0.480 e. The first kappa shape index (κ1) is 26.6. The van der Waals surface area contributed by atoms with E-state index in [-0.39, 0.29) is 6.42 Å². The maximum absolute atomic E-state index is 12.4. The van der Waals surface area contributed by atoms with Crippen LogP contribution in [-0.4, -0.2) is 82.1 Å². The summed E-state index contributed by atoms with van der Waals surface area (Å²) in [6.45, 7) is 2.58. The molecule has 0 heterocycles. The molecule has 13 heteroatoms. The van der Waals surface area contributed by atoms with Crippen LogP contribution in [0.3, 0.4) is 0 Å². The molecule has 4 amide bonds. The lowest BCUT2D eigenvalue weighted by Crippen LogP contribution is -2.58. The van der Waals surface area contributed by atoms with Gasteiger partial charge in [0.2, 0.25) is 23.6 Å². The van der Waals surface area contributed by atoms with Gasteiger partial charge in [-0.25, -0.2) is 4.79 Å². The Bertz CT molecular complexity index is 616. The number of carboxylic acids is 1. The Labute approximate surface area is 172 Å². The van der Waals surface area contributed by atoms with Crippen LogP contribution in [0.1, 0.15) is 26.7 Å². The Morgan fingerprint density at radius 1 is 0.966 bits per heavy atom. The van der Waals surface area contributed by atoms with Gasteiger partial charge in [0.15, 0.2) is 0 Å². The molecule has 0 saturated carbocycles. The summed E-state index contributed by atoms with van der Waals surface area (Å²) in [6.07, 6.45) is 0.219. The third kappa shape index (κ3) is 10.1. The normalized spacial score (nSPS) is 15.9. The van der Waals surface area contributed by atoms with Gasteiger partial charge in [0.05, 0.1) is 12.5 Å². The lowest BCUT2D eigenvalue weighted by Gasteiger charge is -2.23. The lowest BCUT2D eigenvalue weighted by molar-refractivity contribution is -0.142. The number of primary amides is 1. The van der Waals surface area contributed by atoms with E-state index in [9.17, 15) is 29.1 Å². The Morgan fingerprint density at radius 2 is 1.52 bits per heavy atom. The van der Waals surface area contributed by atoms with Crippen LogP contribution < -0.4 is 27.4 Å². The Kier molecular flexibility index (Phi) is 11.9. The standard InChI is InChI=1S/C16H29N5O7S/c1-7(13(24)20-9(16(27)28)4-5-29-3)19-14(25)10(6-11(17)23)21-15(26)12(18)8(2)22/h7-10,12,22H,4-6,18H2,1-3H3,(H2,17,23)(H,19,25)(H,20,24)(H,21,26)(H,27,28). The first-order chi connectivity index (χ1) is 13.4. The number of nitrogens with one attached hydrogen (secondary N) is 3. The van der Waals surface area contributed by atoms with Crippen molar-refractivity contribution in [2.75, 3.05) is 12.0 Å². The predicted octanol–water partition coefficient (Wildman–Crippen LogP) is -3.12. The Morgan fingerprint density at radius 3 is 1.97 bits per heavy atom. The molecule has 0 aliphatic rings. The Hall–Kier alpha value is -2.38. The van der Waals surface area contributed by atoms with Crippen molar-refractivity contribution in [2.24, 2.45) is 11.5 Å². The molecule has 0 rings (SSSR count). The second kappa shape index (κ2) is 13.0. The molecule has 0 spiro atoms. The number of rotatable bonds is 13. The number of aliphatic hydroxyl groups is 1. The number of aliphatic hydroxyl groups excluding tert-OH is 1. The average Bonchev–Trinajstić information content (AvgIpc) is 2.62. The van der Waals surface area contributed by atoms with E-state index in [2.05, 4.69) is 16.0 Å². The molecule has 0 aromatic carbocycles. The lowest BCUT2D eigenvalue weighted by atomic mass is 10.1. The molecule has 29 heavy (non-hydrogen) atoms. The van der Waals surface area contributed by atoms with Crippen molar-refractivity contribution in [3.8, 4) is 0 Å². The molecular formula is C16H29N5O7S. The molecule has 0 fully saturated rings. The fourth-order valence-electron chi connectivity index (χ4n) is 2.07. The highest BCUT2D eigenvalue weighted by Gasteiger charge is 2.30. The van der Waals surface area contributed by atoms with Crippen molar-refractivity contribution >= 4 is 41.4 Å². The summed E-state index contributed by atoms with van der Waals surface area (Å²) in [5.74, 6) is -4.13. The molecule has 0 radical (unpaired) electrons. The average molecular weight is 436 g/mol. The molecule has 166 valence electrons. The summed E-state index contributed by atoms with van der Waals surface area (Å²) in [5, 5.41) is 25.3. The molecule has 5 atom stereocenters. The molecule has 0 bridgehead atoms. The summed E-state index contributed by atoms with van der Waals surface area (Å²) in [4.78, 5) is 58.9. The molecular weight excluding hydrogens is 406 g/mol. The number of amides is 4. The van der Waals surface area contributed by atoms with Gasteiger partial charge < -0.3 is 37.6 Å². The maximum atomic E-state index is 12.4. The zero-order valence-corrected chi connectivity index (χ0v) is 17.3. The first-order valence-electron chi connectivity index (χ1n) is 8.75. The highest BCUT2D eigenvalue weighted by Crippen LogP contribution is 2.02. The van der Waals surface area contributed by atoms with Crippen molar-refractivity contribution in [1.82, 2.24) is 16.0 Å². The van der Waals surface area contributed by atoms with Crippen LogP contribution in [0.2, 0.25) is 0 Å². The molecule has 0 aromatic heterocycles. The van der Waals surface area contributed by atoms with E-state index in [0.717, 1.165) is 0 Å². The monoisotopic (exact) mass is 435 g/mol. The zero-order valence-electron chi connectivity index (χ0n) is 16.5. The molecule has 0 aliphatic carbocycles.